The minimum absolute atomic E-state index is 0.327. The summed E-state index contributed by atoms with van der Waals surface area (Å²) in [6.07, 6.45) is 21.2. The van der Waals surface area contributed by atoms with Gasteiger partial charge in [-0.15, -0.1) is 0 Å². The van der Waals surface area contributed by atoms with Crippen molar-refractivity contribution in [2.45, 2.75) is 116 Å². The SMILES string of the molecule is CCCCCCCCCCCCCCCCCCSCC(F)CO. The molecule has 0 saturated carbocycles. The lowest BCUT2D eigenvalue weighted by Gasteiger charge is -2.05. The van der Waals surface area contributed by atoms with E-state index in [1.807, 2.05) is 0 Å². The number of unbranched alkanes of at least 4 members (excludes halogenated alkanes) is 15. The van der Waals surface area contributed by atoms with Crippen molar-refractivity contribution in [1.82, 2.24) is 0 Å². The molecule has 0 aliphatic rings. The zero-order valence-corrected chi connectivity index (χ0v) is 17.1. The highest BCUT2D eigenvalue weighted by molar-refractivity contribution is 7.99. The van der Waals surface area contributed by atoms with Crippen LogP contribution in [0, 0.1) is 0 Å². The van der Waals surface area contributed by atoms with Crippen LogP contribution in [0.4, 0.5) is 4.39 Å². The van der Waals surface area contributed by atoms with E-state index in [9.17, 15) is 4.39 Å². The minimum Gasteiger partial charge on any atom is -0.393 e. The number of aliphatic hydroxyl groups is 1. The predicted molar refractivity (Wildman–Crippen MR) is 109 cm³/mol. The maximum Gasteiger partial charge on any atom is 0.132 e. The van der Waals surface area contributed by atoms with Gasteiger partial charge in [0.05, 0.1) is 6.61 Å². The Morgan fingerprint density at radius 1 is 0.667 bits per heavy atom. The van der Waals surface area contributed by atoms with Gasteiger partial charge in [0.25, 0.3) is 0 Å². The number of thioether (sulfide) groups is 1. The zero-order chi connectivity index (χ0) is 17.7. The van der Waals surface area contributed by atoms with Crippen LogP contribution in [-0.2, 0) is 0 Å². The van der Waals surface area contributed by atoms with E-state index >= 15 is 0 Å². The molecule has 0 bridgehead atoms. The molecule has 3 heteroatoms. The summed E-state index contributed by atoms with van der Waals surface area (Å²) in [5.74, 6) is 1.49. The van der Waals surface area contributed by atoms with Crippen molar-refractivity contribution < 1.29 is 9.50 Å². The van der Waals surface area contributed by atoms with E-state index < -0.39 is 6.17 Å². The monoisotopic (exact) mass is 362 g/mol. The number of rotatable bonds is 20. The summed E-state index contributed by atoms with van der Waals surface area (Å²) in [6.45, 7) is 1.95. The van der Waals surface area contributed by atoms with Gasteiger partial charge in [0.15, 0.2) is 0 Å². The van der Waals surface area contributed by atoms with Gasteiger partial charge in [-0.1, -0.05) is 103 Å². The molecule has 0 aliphatic heterocycles. The highest BCUT2D eigenvalue weighted by atomic mass is 32.2. The molecule has 0 aliphatic carbocycles. The Bertz CT molecular complexity index is 226. The van der Waals surface area contributed by atoms with Crippen LogP contribution in [0.15, 0.2) is 0 Å². The van der Waals surface area contributed by atoms with Crippen molar-refractivity contribution in [1.29, 1.82) is 0 Å². The fraction of sp³-hybridized carbons (Fsp3) is 1.00. The van der Waals surface area contributed by atoms with Gasteiger partial charge >= 0.3 is 0 Å². The van der Waals surface area contributed by atoms with Crippen LogP contribution in [0.2, 0.25) is 0 Å². The number of alkyl halides is 1. The molecule has 0 amide bonds. The van der Waals surface area contributed by atoms with Crippen molar-refractivity contribution in [3.8, 4) is 0 Å². The molecule has 0 aromatic heterocycles. The fourth-order valence-electron chi connectivity index (χ4n) is 3.02. The van der Waals surface area contributed by atoms with Crippen LogP contribution in [0.3, 0.4) is 0 Å². The third-order valence-electron chi connectivity index (χ3n) is 4.64. The summed E-state index contributed by atoms with van der Waals surface area (Å²) in [6, 6.07) is 0. The largest absolute Gasteiger partial charge is 0.393 e. The van der Waals surface area contributed by atoms with Crippen molar-refractivity contribution in [3.05, 3.63) is 0 Å². The highest BCUT2D eigenvalue weighted by Gasteiger charge is 2.03. The van der Waals surface area contributed by atoms with Gasteiger partial charge in [0, 0.05) is 5.75 Å². The van der Waals surface area contributed by atoms with Gasteiger partial charge in [-0.05, 0) is 12.2 Å². The van der Waals surface area contributed by atoms with Crippen LogP contribution in [-0.4, -0.2) is 29.4 Å². The van der Waals surface area contributed by atoms with Gasteiger partial charge in [-0.2, -0.15) is 11.8 Å². The molecule has 0 heterocycles. The van der Waals surface area contributed by atoms with E-state index in [0.717, 1.165) is 5.75 Å². The molecular weight excluding hydrogens is 319 g/mol. The molecule has 0 radical (unpaired) electrons. The lowest BCUT2D eigenvalue weighted by molar-refractivity contribution is 0.194. The first kappa shape index (κ1) is 24.2. The summed E-state index contributed by atoms with van der Waals surface area (Å²) in [4.78, 5) is 0. The van der Waals surface area contributed by atoms with Gasteiger partial charge in [0.2, 0.25) is 0 Å². The third kappa shape index (κ3) is 20.3. The van der Waals surface area contributed by atoms with Crippen molar-refractivity contribution in [2.75, 3.05) is 18.1 Å². The van der Waals surface area contributed by atoms with E-state index in [2.05, 4.69) is 6.92 Å². The van der Waals surface area contributed by atoms with Crippen LogP contribution in [0.25, 0.3) is 0 Å². The zero-order valence-electron chi connectivity index (χ0n) is 16.2. The standard InChI is InChI=1S/C21H43FOS/c1-2-3-4-5-6-7-8-9-10-11-12-13-14-15-16-17-18-24-20-21(22)19-23/h21,23H,2-20H2,1H3. The lowest BCUT2D eigenvalue weighted by Crippen LogP contribution is -2.09. The Hall–Kier alpha value is 0.240. The quantitative estimate of drug-likeness (QED) is 0.229. The molecular formula is C21H43FOS. The number of hydrogen-bond donors (Lipinski definition) is 1. The molecule has 0 spiro atoms. The number of aliphatic hydroxyl groups excluding tert-OH is 1. The molecule has 0 saturated heterocycles. The van der Waals surface area contributed by atoms with Crippen LogP contribution >= 0.6 is 11.8 Å². The van der Waals surface area contributed by atoms with Crippen molar-refractivity contribution in [3.63, 3.8) is 0 Å². The first-order valence-electron chi connectivity index (χ1n) is 10.6. The summed E-state index contributed by atoms with van der Waals surface area (Å²) >= 11 is 1.64. The molecule has 1 unspecified atom stereocenters. The minimum atomic E-state index is -1.03. The topological polar surface area (TPSA) is 20.2 Å². The molecule has 1 N–H and O–H groups in total. The lowest BCUT2D eigenvalue weighted by atomic mass is 10.0. The Balaban J connectivity index is 2.98. The van der Waals surface area contributed by atoms with Gasteiger partial charge in [-0.3, -0.25) is 0 Å². The first-order chi connectivity index (χ1) is 11.8. The molecule has 1 atom stereocenters. The molecule has 24 heavy (non-hydrogen) atoms. The van der Waals surface area contributed by atoms with E-state index in [4.69, 9.17) is 5.11 Å². The first-order valence-corrected chi connectivity index (χ1v) is 11.8. The predicted octanol–water partition coefficient (Wildman–Crippen LogP) is 7.31. The van der Waals surface area contributed by atoms with E-state index in [1.54, 1.807) is 11.8 Å². The molecule has 0 aromatic carbocycles. The Labute approximate surface area is 155 Å². The summed E-state index contributed by atoms with van der Waals surface area (Å²) in [7, 11) is 0. The smallest absolute Gasteiger partial charge is 0.132 e. The Morgan fingerprint density at radius 2 is 1.04 bits per heavy atom. The van der Waals surface area contributed by atoms with Gasteiger partial charge in [0.1, 0.15) is 6.17 Å². The summed E-state index contributed by atoms with van der Waals surface area (Å²) < 4.78 is 12.8. The van der Waals surface area contributed by atoms with Crippen molar-refractivity contribution >= 4 is 11.8 Å². The molecule has 146 valence electrons. The summed E-state index contributed by atoms with van der Waals surface area (Å²) in [5, 5.41) is 8.59. The number of halogens is 1. The normalized spacial score (nSPS) is 12.6. The maximum absolute atomic E-state index is 12.8. The van der Waals surface area contributed by atoms with Crippen LogP contribution < -0.4 is 0 Å². The van der Waals surface area contributed by atoms with E-state index in [0.29, 0.717) is 5.75 Å². The fourth-order valence-corrected chi connectivity index (χ4v) is 3.95. The van der Waals surface area contributed by atoms with Gasteiger partial charge < -0.3 is 5.11 Å². The van der Waals surface area contributed by atoms with Gasteiger partial charge in [-0.25, -0.2) is 4.39 Å². The Kier molecular flexibility index (Phi) is 21.5. The van der Waals surface area contributed by atoms with E-state index in [1.165, 1.54) is 103 Å². The Morgan fingerprint density at radius 3 is 1.42 bits per heavy atom. The molecule has 0 aromatic rings. The average Bonchev–Trinajstić information content (AvgIpc) is 2.60. The maximum atomic E-state index is 12.8. The van der Waals surface area contributed by atoms with E-state index in [-0.39, 0.29) is 6.61 Å². The van der Waals surface area contributed by atoms with Crippen molar-refractivity contribution in [2.24, 2.45) is 0 Å². The highest BCUT2D eigenvalue weighted by Crippen LogP contribution is 2.14. The third-order valence-corrected chi connectivity index (χ3v) is 5.81. The second-order valence-corrected chi connectivity index (χ2v) is 8.31. The van der Waals surface area contributed by atoms with Crippen LogP contribution in [0.5, 0.6) is 0 Å². The average molecular weight is 363 g/mol. The second-order valence-electron chi connectivity index (χ2n) is 7.16. The summed E-state index contributed by atoms with van der Waals surface area (Å²) in [5.41, 5.74) is 0. The molecule has 0 fully saturated rings. The van der Waals surface area contributed by atoms with Crippen LogP contribution in [0.1, 0.15) is 110 Å². The molecule has 1 nitrogen and oxygen atoms in total. The number of hydrogen-bond acceptors (Lipinski definition) is 2. The second kappa shape index (κ2) is 21.3. The molecule has 0 rings (SSSR count).